The minimum absolute atomic E-state index is 0.0678. The number of hydrogen-bond donors (Lipinski definition) is 2. The third-order valence-corrected chi connectivity index (χ3v) is 7.03. The smallest absolute Gasteiger partial charge is 0.414 e. The molecule has 0 bridgehead atoms. The van der Waals surface area contributed by atoms with Gasteiger partial charge in [-0.05, 0) is 44.0 Å². The van der Waals surface area contributed by atoms with Gasteiger partial charge in [0.25, 0.3) is 0 Å². The lowest BCUT2D eigenvalue weighted by molar-refractivity contribution is -0.119. The van der Waals surface area contributed by atoms with Crippen LogP contribution in [0.2, 0.25) is 0 Å². The molecule has 9 nitrogen and oxygen atoms in total. The summed E-state index contributed by atoms with van der Waals surface area (Å²) in [7, 11) is -2.72. The Balaban J connectivity index is 1.71. The van der Waals surface area contributed by atoms with Gasteiger partial charge in [-0.3, -0.25) is 9.69 Å². The molecule has 0 aliphatic carbocycles. The highest BCUT2D eigenvalue weighted by atomic mass is 32.2. The summed E-state index contributed by atoms with van der Waals surface area (Å²) in [5.74, 6) is -0.518. The summed E-state index contributed by atoms with van der Waals surface area (Å²) in [4.78, 5) is 36.3. The molecule has 0 aromatic heterocycles. The lowest BCUT2D eigenvalue weighted by Crippen LogP contribution is -2.33. The first-order chi connectivity index (χ1) is 15.1. The average molecular weight is 467 g/mol. The predicted molar refractivity (Wildman–Crippen MR) is 119 cm³/mol. The van der Waals surface area contributed by atoms with Crippen LogP contribution >= 0.6 is 0 Å². The lowest BCUT2D eigenvalue weighted by Gasteiger charge is -2.19. The quantitative estimate of drug-likeness (QED) is 0.692. The molecule has 4 amide bonds. The Kier molecular flexibility index (Phi) is 7.17. The van der Waals surface area contributed by atoms with Gasteiger partial charge in [0.1, 0.15) is 11.9 Å². The molecule has 32 heavy (non-hydrogen) atoms. The second-order valence-corrected chi connectivity index (χ2v) is 10.5. The Morgan fingerprint density at radius 1 is 1.38 bits per heavy atom. The van der Waals surface area contributed by atoms with Gasteiger partial charge in [0.05, 0.1) is 34.3 Å². The van der Waals surface area contributed by atoms with Crippen LogP contribution in [0, 0.1) is 5.82 Å². The van der Waals surface area contributed by atoms with E-state index in [9.17, 15) is 23.0 Å². The third-order valence-electron chi connectivity index (χ3n) is 5.01. The van der Waals surface area contributed by atoms with E-state index in [0.717, 1.165) is 0 Å². The molecule has 0 radical (unpaired) electrons. The van der Waals surface area contributed by atoms with Gasteiger partial charge in [-0.1, -0.05) is 6.08 Å². The number of carbonyl (C=O) groups is 3. The maximum absolute atomic E-state index is 14.9. The van der Waals surface area contributed by atoms with Gasteiger partial charge in [-0.2, -0.15) is 0 Å². The zero-order valence-corrected chi connectivity index (χ0v) is 19.0. The number of carbonyl (C=O) groups excluding carboxylic acids is 3. The molecule has 1 unspecified atom stereocenters. The number of hydrogen-bond acceptors (Lipinski definition) is 5. The largest absolute Gasteiger partial charge is 0.442 e. The Hall–Kier alpha value is -2.95. The molecule has 3 rings (SSSR count). The Bertz CT molecular complexity index is 1080. The molecule has 174 valence electrons. The molecule has 2 aliphatic heterocycles. The van der Waals surface area contributed by atoms with Crippen LogP contribution in [-0.4, -0.2) is 59.0 Å². The minimum Gasteiger partial charge on any atom is -0.442 e. The van der Waals surface area contributed by atoms with Crippen molar-refractivity contribution in [2.45, 2.75) is 39.3 Å². The molecule has 11 heteroatoms. The summed E-state index contributed by atoms with van der Waals surface area (Å²) >= 11 is 0. The van der Waals surface area contributed by atoms with Crippen molar-refractivity contribution in [3.05, 3.63) is 35.7 Å². The third kappa shape index (κ3) is 5.84. The first kappa shape index (κ1) is 23.7. The molecule has 1 fully saturated rings. The number of benzene rings is 1. The van der Waals surface area contributed by atoms with Gasteiger partial charge in [-0.25, -0.2) is 18.2 Å². The molecule has 1 aromatic rings. The Labute approximate surface area is 186 Å². The van der Waals surface area contributed by atoms with Crippen molar-refractivity contribution >= 4 is 39.0 Å². The van der Waals surface area contributed by atoms with Crippen LogP contribution in [0.5, 0.6) is 0 Å². The summed E-state index contributed by atoms with van der Waals surface area (Å²) < 4.78 is 36.7. The monoisotopic (exact) mass is 466 g/mol. The molecule has 2 atom stereocenters. The lowest BCUT2D eigenvalue weighted by atomic mass is 10.0. The summed E-state index contributed by atoms with van der Waals surface area (Å²) in [5.41, 5.74) is 1.38. The fraction of sp³-hybridized carbons (Fsp3) is 0.476. The Morgan fingerprint density at radius 3 is 2.72 bits per heavy atom. The predicted octanol–water partition coefficient (Wildman–Crippen LogP) is 2.66. The summed E-state index contributed by atoms with van der Waals surface area (Å²) in [6, 6.07) is 3.73. The van der Waals surface area contributed by atoms with E-state index in [-0.39, 0.29) is 36.5 Å². The number of allylic oxidation sites excluding steroid dienone is 1. The number of nitrogens with zero attached hydrogens (tertiary/aromatic N) is 2. The van der Waals surface area contributed by atoms with Crippen LogP contribution in [0.4, 0.5) is 19.7 Å². The van der Waals surface area contributed by atoms with E-state index < -0.39 is 33.8 Å². The zero-order valence-electron chi connectivity index (χ0n) is 18.2. The van der Waals surface area contributed by atoms with Crippen molar-refractivity contribution in [2.75, 3.05) is 29.5 Å². The second-order valence-electron chi connectivity index (χ2n) is 8.04. The highest BCUT2D eigenvalue weighted by molar-refractivity contribution is 7.94. The zero-order chi connectivity index (χ0) is 23.5. The summed E-state index contributed by atoms with van der Waals surface area (Å²) in [6.07, 6.45) is 0.854. The first-order valence-corrected chi connectivity index (χ1v) is 12.2. The van der Waals surface area contributed by atoms with E-state index in [1.807, 2.05) is 0 Å². The second kappa shape index (κ2) is 9.68. The molecule has 2 N–H and O–H groups in total. The molecule has 0 saturated carbocycles. The molecule has 0 spiro atoms. The standard InChI is InChI=1S/C21H27FN4O5S/c1-13(2)24-20(28)25-32(30)8-6-15(7-9-32)18-5-4-16(10-19(18)22)26-12-17(31-21(26)29)11-23-14(3)27/h4-6,10,13,17H,7-9,11-12H2,1-3H3,(H,23,27)(H,24,28)/t17-,32?/m1/s1. The van der Waals surface area contributed by atoms with E-state index in [1.165, 1.54) is 17.9 Å². The number of amides is 4. The van der Waals surface area contributed by atoms with Gasteiger partial charge < -0.3 is 15.4 Å². The van der Waals surface area contributed by atoms with E-state index in [0.29, 0.717) is 23.2 Å². The van der Waals surface area contributed by atoms with Gasteiger partial charge >= 0.3 is 12.1 Å². The maximum atomic E-state index is 14.9. The van der Waals surface area contributed by atoms with E-state index in [2.05, 4.69) is 15.0 Å². The van der Waals surface area contributed by atoms with Gasteiger partial charge in [-0.15, -0.1) is 4.36 Å². The van der Waals surface area contributed by atoms with Crippen molar-refractivity contribution in [3.63, 3.8) is 0 Å². The SMILES string of the molecule is CC(=O)NC[C@@H]1CN(c2ccc(C3=CCS(=O)(=NC(=O)NC(C)C)CC3)c(F)c2)C(=O)O1. The fourth-order valence-electron chi connectivity index (χ4n) is 3.47. The van der Waals surface area contributed by atoms with Crippen LogP contribution in [0.25, 0.3) is 5.57 Å². The van der Waals surface area contributed by atoms with E-state index >= 15 is 0 Å². The topological polar surface area (TPSA) is 117 Å². The number of cyclic esters (lactones) is 1. The molecule has 1 saturated heterocycles. The van der Waals surface area contributed by atoms with Crippen LogP contribution in [0.15, 0.2) is 28.6 Å². The number of ether oxygens (including phenoxy) is 1. The summed E-state index contributed by atoms with van der Waals surface area (Å²) in [6.45, 7) is 5.33. The summed E-state index contributed by atoms with van der Waals surface area (Å²) in [5, 5.41) is 5.18. The highest BCUT2D eigenvalue weighted by Gasteiger charge is 2.33. The van der Waals surface area contributed by atoms with Gasteiger partial charge in [0.15, 0.2) is 0 Å². The molecular weight excluding hydrogens is 439 g/mol. The van der Waals surface area contributed by atoms with Crippen LogP contribution in [0.3, 0.4) is 0 Å². The maximum Gasteiger partial charge on any atom is 0.414 e. The van der Waals surface area contributed by atoms with E-state index in [1.54, 1.807) is 32.1 Å². The van der Waals surface area contributed by atoms with Crippen molar-refractivity contribution in [1.29, 1.82) is 0 Å². The minimum atomic E-state index is -2.72. The van der Waals surface area contributed by atoms with Crippen molar-refractivity contribution in [2.24, 2.45) is 4.36 Å². The Morgan fingerprint density at radius 2 is 2.12 bits per heavy atom. The van der Waals surface area contributed by atoms with Crippen LogP contribution in [-0.2, 0) is 19.3 Å². The van der Waals surface area contributed by atoms with Crippen molar-refractivity contribution in [3.8, 4) is 0 Å². The number of nitrogens with one attached hydrogen (secondary N) is 2. The number of anilines is 1. The van der Waals surface area contributed by atoms with Crippen molar-refractivity contribution in [1.82, 2.24) is 10.6 Å². The average Bonchev–Trinajstić information content (AvgIpc) is 3.07. The first-order valence-electron chi connectivity index (χ1n) is 10.3. The van der Waals surface area contributed by atoms with Gasteiger partial charge in [0, 0.05) is 24.3 Å². The van der Waals surface area contributed by atoms with Crippen LogP contribution < -0.4 is 15.5 Å². The van der Waals surface area contributed by atoms with Crippen molar-refractivity contribution < 1.29 is 27.7 Å². The fourth-order valence-corrected chi connectivity index (χ4v) is 5.15. The molecule has 1 aromatic carbocycles. The van der Waals surface area contributed by atoms with Crippen LogP contribution in [0.1, 0.15) is 32.8 Å². The molecular formula is C21H27FN4O5S. The highest BCUT2D eigenvalue weighted by Crippen LogP contribution is 2.30. The molecule has 2 aliphatic rings. The molecule has 2 heterocycles. The van der Waals surface area contributed by atoms with E-state index in [4.69, 9.17) is 4.74 Å². The number of urea groups is 1. The number of rotatable bonds is 5. The van der Waals surface area contributed by atoms with Gasteiger partial charge in [0.2, 0.25) is 5.91 Å². The normalized spacial score (nSPS) is 22.9. The number of halogens is 1.